The largest absolute Gasteiger partial charge is 0.507 e. The number of rotatable bonds is 1. The highest BCUT2D eigenvalue weighted by Gasteiger charge is 1.93. The summed E-state index contributed by atoms with van der Waals surface area (Å²) in [4.78, 5) is 0. The Balaban J connectivity index is 3.04. The summed E-state index contributed by atoms with van der Waals surface area (Å²) in [6.45, 7) is 1.78. The van der Waals surface area contributed by atoms with Gasteiger partial charge in [0.15, 0.2) is 0 Å². The van der Waals surface area contributed by atoms with Crippen molar-refractivity contribution in [3.63, 3.8) is 0 Å². The molecule has 0 bridgehead atoms. The molecule has 0 amide bonds. The molecular weight excluding hydrogens is 138 g/mol. The van der Waals surface area contributed by atoms with Crippen molar-refractivity contribution < 1.29 is 5.11 Å². The molecule has 0 atom stereocenters. The monoisotopic (exact) mass is 149 g/mol. The zero-order valence-corrected chi connectivity index (χ0v) is 6.41. The summed E-state index contributed by atoms with van der Waals surface area (Å²) < 4.78 is 0. The zero-order chi connectivity index (χ0) is 8.27. The third-order valence-electron chi connectivity index (χ3n) is 1.32. The number of hydrogen-bond donors (Lipinski definition) is 2. The quantitative estimate of drug-likeness (QED) is 0.638. The summed E-state index contributed by atoms with van der Waals surface area (Å²) in [5.74, 6) is 0.261. The molecule has 2 heteroatoms. The second-order valence-corrected chi connectivity index (χ2v) is 2.45. The van der Waals surface area contributed by atoms with Gasteiger partial charge in [-0.1, -0.05) is 18.2 Å². The number of nitrogens with two attached hydrogens (primary N) is 1. The van der Waals surface area contributed by atoms with Gasteiger partial charge in [0, 0.05) is 11.3 Å². The van der Waals surface area contributed by atoms with Gasteiger partial charge in [-0.2, -0.15) is 0 Å². The van der Waals surface area contributed by atoms with Crippen molar-refractivity contribution in [2.24, 2.45) is 5.73 Å². The SMILES string of the molecule is CC(N)=Cc1ccccc1O. The molecule has 0 aliphatic carbocycles. The minimum atomic E-state index is 0.261. The van der Waals surface area contributed by atoms with E-state index in [4.69, 9.17) is 5.73 Å². The summed E-state index contributed by atoms with van der Waals surface area (Å²) >= 11 is 0. The van der Waals surface area contributed by atoms with E-state index in [-0.39, 0.29) is 5.75 Å². The zero-order valence-electron chi connectivity index (χ0n) is 6.41. The summed E-state index contributed by atoms with van der Waals surface area (Å²) in [6.07, 6.45) is 1.73. The van der Waals surface area contributed by atoms with E-state index in [9.17, 15) is 5.11 Å². The lowest BCUT2D eigenvalue weighted by atomic mass is 10.2. The van der Waals surface area contributed by atoms with E-state index in [1.165, 1.54) is 0 Å². The highest BCUT2D eigenvalue weighted by atomic mass is 16.3. The molecule has 1 aromatic carbocycles. The van der Waals surface area contributed by atoms with Gasteiger partial charge in [0.1, 0.15) is 5.75 Å². The van der Waals surface area contributed by atoms with Gasteiger partial charge in [-0.25, -0.2) is 0 Å². The summed E-state index contributed by atoms with van der Waals surface area (Å²) in [6, 6.07) is 7.08. The Morgan fingerprint density at radius 2 is 2.09 bits per heavy atom. The predicted molar refractivity (Wildman–Crippen MR) is 45.9 cm³/mol. The number of para-hydroxylation sites is 1. The minimum absolute atomic E-state index is 0.261. The van der Waals surface area contributed by atoms with Gasteiger partial charge in [0.2, 0.25) is 0 Å². The lowest BCUT2D eigenvalue weighted by Crippen LogP contribution is -1.89. The van der Waals surface area contributed by atoms with Crippen LogP contribution >= 0.6 is 0 Å². The molecule has 0 fully saturated rings. The van der Waals surface area contributed by atoms with Gasteiger partial charge in [-0.3, -0.25) is 0 Å². The first-order valence-corrected chi connectivity index (χ1v) is 3.42. The fourth-order valence-electron chi connectivity index (χ4n) is 0.855. The Morgan fingerprint density at radius 3 is 2.64 bits per heavy atom. The molecule has 0 saturated carbocycles. The van der Waals surface area contributed by atoms with Crippen LogP contribution in [0.5, 0.6) is 5.75 Å². The Bertz CT molecular complexity index is 275. The molecular formula is C9H11NO. The van der Waals surface area contributed by atoms with Crippen molar-refractivity contribution in [3.05, 3.63) is 35.5 Å². The molecule has 1 aromatic rings. The fraction of sp³-hybridized carbons (Fsp3) is 0.111. The van der Waals surface area contributed by atoms with Gasteiger partial charge >= 0.3 is 0 Å². The van der Waals surface area contributed by atoms with Gasteiger partial charge in [0.25, 0.3) is 0 Å². The van der Waals surface area contributed by atoms with E-state index < -0.39 is 0 Å². The molecule has 0 unspecified atom stereocenters. The highest BCUT2D eigenvalue weighted by Crippen LogP contribution is 2.17. The number of phenols is 1. The van der Waals surface area contributed by atoms with E-state index in [0.29, 0.717) is 5.70 Å². The number of benzene rings is 1. The topological polar surface area (TPSA) is 46.2 Å². The molecule has 2 nitrogen and oxygen atoms in total. The Morgan fingerprint density at radius 1 is 1.45 bits per heavy atom. The maximum Gasteiger partial charge on any atom is 0.122 e. The molecule has 1 rings (SSSR count). The molecule has 0 saturated heterocycles. The summed E-state index contributed by atoms with van der Waals surface area (Å²) in [5, 5.41) is 9.26. The first-order chi connectivity index (χ1) is 5.20. The molecule has 0 spiro atoms. The maximum atomic E-state index is 9.26. The Kier molecular flexibility index (Phi) is 2.16. The standard InChI is InChI=1S/C9H11NO/c1-7(10)6-8-4-2-3-5-9(8)11/h2-6,11H,10H2,1H3. The van der Waals surface area contributed by atoms with E-state index in [2.05, 4.69) is 0 Å². The van der Waals surface area contributed by atoms with Gasteiger partial charge in [0.05, 0.1) is 0 Å². The third kappa shape index (κ3) is 2.00. The van der Waals surface area contributed by atoms with E-state index >= 15 is 0 Å². The number of hydrogen-bond acceptors (Lipinski definition) is 2. The van der Waals surface area contributed by atoms with Crippen molar-refractivity contribution in [1.82, 2.24) is 0 Å². The van der Waals surface area contributed by atoms with Crippen molar-refractivity contribution in [1.29, 1.82) is 0 Å². The summed E-state index contributed by atoms with van der Waals surface area (Å²) in [5.41, 5.74) is 6.89. The van der Waals surface area contributed by atoms with Crippen LogP contribution in [0.1, 0.15) is 12.5 Å². The highest BCUT2D eigenvalue weighted by molar-refractivity contribution is 5.58. The van der Waals surface area contributed by atoms with Crippen molar-refractivity contribution >= 4 is 6.08 Å². The number of aromatic hydroxyl groups is 1. The van der Waals surface area contributed by atoms with Crippen LogP contribution in [-0.4, -0.2) is 5.11 Å². The van der Waals surface area contributed by atoms with Gasteiger partial charge in [-0.15, -0.1) is 0 Å². The van der Waals surface area contributed by atoms with Crippen LogP contribution in [0.15, 0.2) is 30.0 Å². The number of phenolic OH excluding ortho intramolecular Hbond substituents is 1. The lowest BCUT2D eigenvalue weighted by molar-refractivity contribution is 0.474. The molecule has 0 aromatic heterocycles. The fourth-order valence-corrected chi connectivity index (χ4v) is 0.855. The minimum Gasteiger partial charge on any atom is -0.507 e. The third-order valence-corrected chi connectivity index (χ3v) is 1.32. The van der Waals surface area contributed by atoms with Crippen LogP contribution < -0.4 is 5.73 Å². The molecule has 11 heavy (non-hydrogen) atoms. The van der Waals surface area contributed by atoms with Crippen LogP contribution in [0.3, 0.4) is 0 Å². The van der Waals surface area contributed by atoms with Gasteiger partial charge < -0.3 is 10.8 Å². The van der Waals surface area contributed by atoms with Crippen LogP contribution in [0.2, 0.25) is 0 Å². The van der Waals surface area contributed by atoms with Crippen LogP contribution in [0.25, 0.3) is 6.08 Å². The van der Waals surface area contributed by atoms with Gasteiger partial charge in [-0.05, 0) is 19.1 Å². The van der Waals surface area contributed by atoms with E-state index in [0.717, 1.165) is 5.56 Å². The van der Waals surface area contributed by atoms with E-state index in [1.54, 1.807) is 25.1 Å². The maximum absolute atomic E-state index is 9.26. The number of allylic oxidation sites excluding steroid dienone is 1. The van der Waals surface area contributed by atoms with E-state index in [1.807, 2.05) is 12.1 Å². The molecule has 3 N–H and O–H groups in total. The van der Waals surface area contributed by atoms with Crippen molar-refractivity contribution in [2.75, 3.05) is 0 Å². The molecule has 0 aliphatic heterocycles. The normalized spacial score (nSPS) is 11.5. The first kappa shape index (κ1) is 7.66. The average Bonchev–Trinajstić information content (AvgIpc) is 1.93. The molecule has 0 heterocycles. The van der Waals surface area contributed by atoms with Crippen molar-refractivity contribution in [3.8, 4) is 5.75 Å². The van der Waals surface area contributed by atoms with Crippen LogP contribution in [0.4, 0.5) is 0 Å². The van der Waals surface area contributed by atoms with Crippen LogP contribution in [-0.2, 0) is 0 Å². The second-order valence-electron chi connectivity index (χ2n) is 2.45. The Hall–Kier alpha value is -1.44. The Labute approximate surface area is 66.0 Å². The average molecular weight is 149 g/mol. The molecule has 0 aliphatic rings. The molecule has 58 valence electrons. The van der Waals surface area contributed by atoms with Crippen LogP contribution in [0, 0.1) is 0 Å². The smallest absolute Gasteiger partial charge is 0.122 e. The second kappa shape index (κ2) is 3.10. The molecule has 0 radical (unpaired) electrons. The van der Waals surface area contributed by atoms with Crippen molar-refractivity contribution in [2.45, 2.75) is 6.92 Å². The first-order valence-electron chi connectivity index (χ1n) is 3.42. The summed E-state index contributed by atoms with van der Waals surface area (Å²) in [7, 11) is 0. The predicted octanol–water partition coefficient (Wildman–Crippen LogP) is 1.71. The lowest BCUT2D eigenvalue weighted by Gasteiger charge is -1.97.